The van der Waals surface area contributed by atoms with Crippen LogP contribution in [0.1, 0.15) is 30.4 Å². The van der Waals surface area contributed by atoms with Crippen molar-refractivity contribution in [1.29, 1.82) is 0 Å². The van der Waals surface area contributed by atoms with Gasteiger partial charge in [0.15, 0.2) is 0 Å². The summed E-state index contributed by atoms with van der Waals surface area (Å²) in [7, 11) is 0. The number of aryl methyl sites for hydroxylation is 2. The van der Waals surface area contributed by atoms with E-state index < -0.39 is 6.04 Å². The first kappa shape index (κ1) is 12.9. The van der Waals surface area contributed by atoms with E-state index in [1.165, 1.54) is 12.8 Å². The minimum Gasteiger partial charge on any atom is -0.505 e. The molecule has 0 heterocycles. The Morgan fingerprint density at radius 3 is 2.78 bits per heavy atom. The maximum atomic E-state index is 11.9. The third kappa shape index (κ3) is 3.01. The third-order valence-electron chi connectivity index (χ3n) is 3.32. The fourth-order valence-electron chi connectivity index (χ4n) is 2.10. The van der Waals surface area contributed by atoms with Crippen molar-refractivity contribution in [3.8, 4) is 5.75 Å². The normalized spacial score (nSPS) is 16.4. The SMILES string of the molecule is Cc1cc(C)c(O)c(NC(=O)[C@@H](N)CC2CC2)c1. The van der Waals surface area contributed by atoms with E-state index >= 15 is 0 Å². The predicted octanol–water partition coefficient (Wildman–Crippen LogP) is 2.07. The molecule has 1 aliphatic carbocycles. The number of nitrogens with two attached hydrogens (primary N) is 1. The van der Waals surface area contributed by atoms with Gasteiger partial charge in [0.05, 0.1) is 11.7 Å². The molecule has 1 aromatic carbocycles. The molecule has 1 atom stereocenters. The Kier molecular flexibility index (Phi) is 3.57. The first-order valence-corrected chi connectivity index (χ1v) is 6.34. The van der Waals surface area contributed by atoms with Gasteiger partial charge in [0, 0.05) is 0 Å². The summed E-state index contributed by atoms with van der Waals surface area (Å²) < 4.78 is 0. The molecule has 2 rings (SSSR count). The molecule has 1 aliphatic rings. The van der Waals surface area contributed by atoms with Crippen molar-refractivity contribution in [3.63, 3.8) is 0 Å². The Bertz CT molecular complexity index is 467. The highest BCUT2D eigenvalue weighted by molar-refractivity contribution is 5.96. The molecule has 4 N–H and O–H groups in total. The smallest absolute Gasteiger partial charge is 0.241 e. The zero-order valence-corrected chi connectivity index (χ0v) is 10.9. The topological polar surface area (TPSA) is 75.3 Å². The number of rotatable bonds is 4. The highest BCUT2D eigenvalue weighted by Crippen LogP contribution is 2.33. The number of carbonyl (C=O) groups is 1. The van der Waals surface area contributed by atoms with E-state index in [-0.39, 0.29) is 11.7 Å². The Balaban J connectivity index is 2.05. The molecule has 0 radical (unpaired) electrons. The Hall–Kier alpha value is -1.55. The number of aromatic hydroxyl groups is 1. The number of hydrogen-bond donors (Lipinski definition) is 3. The number of phenols is 1. The number of amides is 1. The number of carbonyl (C=O) groups excluding carboxylic acids is 1. The van der Waals surface area contributed by atoms with Crippen molar-refractivity contribution in [2.75, 3.05) is 5.32 Å². The molecule has 0 aromatic heterocycles. The van der Waals surface area contributed by atoms with Gasteiger partial charge in [-0.25, -0.2) is 0 Å². The average Bonchev–Trinajstić information content (AvgIpc) is 3.08. The molecule has 1 fully saturated rings. The van der Waals surface area contributed by atoms with Gasteiger partial charge >= 0.3 is 0 Å². The van der Waals surface area contributed by atoms with E-state index in [9.17, 15) is 9.90 Å². The monoisotopic (exact) mass is 248 g/mol. The van der Waals surface area contributed by atoms with Crippen LogP contribution in [0.5, 0.6) is 5.75 Å². The molecule has 1 saturated carbocycles. The van der Waals surface area contributed by atoms with Gasteiger partial charge in [-0.2, -0.15) is 0 Å². The van der Waals surface area contributed by atoms with Crippen LogP contribution in [0.15, 0.2) is 12.1 Å². The summed E-state index contributed by atoms with van der Waals surface area (Å²) in [5.74, 6) is 0.508. The van der Waals surface area contributed by atoms with Gasteiger partial charge in [-0.1, -0.05) is 18.9 Å². The van der Waals surface area contributed by atoms with Crippen LogP contribution in [-0.4, -0.2) is 17.1 Å². The lowest BCUT2D eigenvalue weighted by Gasteiger charge is -2.14. The number of benzene rings is 1. The van der Waals surface area contributed by atoms with E-state index in [0.717, 1.165) is 17.5 Å². The van der Waals surface area contributed by atoms with Crippen LogP contribution < -0.4 is 11.1 Å². The molecule has 0 bridgehead atoms. The maximum Gasteiger partial charge on any atom is 0.241 e. The highest BCUT2D eigenvalue weighted by Gasteiger charge is 2.27. The molecule has 0 spiro atoms. The van der Waals surface area contributed by atoms with Crippen LogP contribution in [0.25, 0.3) is 0 Å². The van der Waals surface area contributed by atoms with E-state index in [1.54, 1.807) is 6.07 Å². The number of phenolic OH excluding ortho intramolecular Hbond substituents is 1. The summed E-state index contributed by atoms with van der Waals surface area (Å²) in [6, 6.07) is 3.14. The average molecular weight is 248 g/mol. The second-order valence-corrected chi connectivity index (χ2v) is 5.25. The zero-order chi connectivity index (χ0) is 13.3. The molecular weight excluding hydrogens is 228 g/mol. The van der Waals surface area contributed by atoms with Crippen molar-refractivity contribution in [2.45, 2.75) is 39.2 Å². The summed E-state index contributed by atoms with van der Waals surface area (Å²) >= 11 is 0. The summed E-state index contributed by atoms with van der Waals surface area (Å²) in [6.45, 7) is 3.73. The molecule has 98 valence electrons. The van der Waals surface area contributed by atoms with Crippen LogP contribution in [-0.2, 0) is 4.79 Å². The van der Waals surface area contributed by atoms with Crippen molar-refractivity contribution < 1.29 is 9.90 Å². The summed E-state index contributed by atoms with van der Waals surface area (Å²) in [5.41, 5.74) is 8.03. The third-order valence-corrected chi connectivity index (χ3v) is 3.32. The molecule has 4 heteroatoms. The first-order valence-electron chi connectivity index (χ1n) is 6.34. The lowest BCUT2D eigenvalue weighted by molar-refractivity contribution is -0.117. The van der Waals surface area contributed by atoms with E-state index in [0.29, 0.717) is 11.6 Å². The van der Waals surface area contributed by atoms with Crippen molar-refractivity contribution >= 4 is 11.6 Å². The van der Waals surface area contributed by atoms with Gasteiger partial charge in [0.25, 0.3) is 0 Å². The Labute approximate surface area is 107 Å². The lowest BCUT2D eigenvalue weighted by Crippen LogP contribution is -2.36. The minimum atomic E-state index is -0.488. The Morgan fingerprint density at radius 2 is 2.17 bits per heavy atom. The fourth-order valence-corrected chi connectivity index (χ4v) is 2.10. The molecule has 18 heavy (non-hydrogen) atoms. The van der Waals surface area contributed by atoms with Gasteiger partial charge in [0.2, 0.25) is 5.91 Å². The van der Waals surface area contributed by atoms with Crippen LogP contribution in [0.2, 0.25) is 0 Å². The minimum absolute atomic E-state index is 0.118. The van der Waals surface area contributed by atoms with E-state index in [4.69, 9.17) is 5.73 Å². The van der Waals surface area contributed by atoms with E-state index in [2.05, 4.69) is 5.32 Å². The second kappa shape index (κ2) is 4.98. The number of anilines is 1. The van der Waals surface area contributed by atoms with Crippen molar-refractivity contribution in [1.82, 2.24) is 0 Å². The van der Waals surface area contributed by atoms with Crippen LogP contribution in [0.4, 0.5) is 5.69 Å². The van der Waals surface area contributed by atoms with Crippen molar-refractivity contribution in [2.24, 2.45) is 11.7 Å². The maximum absolute atomic E-state index is 11.9. The van der Waals surface area contributed by atoms with Crippen LogP contribution >= 0.6 is 0 Å². The fraction of sp³-hybridized carbons (Fsp3) is 0.500. The van der Waals surface area contributed by atoms with Gasteiger partial charge in [-0.3, -0.25) is 4.79 Å². The van der Waals surface area contributed by atoms with Crippen LogP contribution in [0, 0.1) is 19.8 Å². The lowest BCUT2D eigenvalue weighted by atomic mass is 10.1. The standard InChI is InChI=1S/C14H20N2O2/c1-8-5-9(2)13(17)12(6-8)16-14(18)11(15)7-10-3-4-10/h5-6,10-11,17H,3-4,7,15H2,1-2H3,(H,16,18)/t11-/m0/s1. The number of nitrogens with one attached hydrogen (secondary N) is 1. The Morgan fingerprint density at radius 1 is 1.50 bits per heavy atom. The largest absolute Gasteiger partial charge is 0.505 e. The summed E-state index contributed by atoms with van der Waals surface area (Å²) in [6.07, 6.45) is 3.09. The second-order valence-electron chi connectivity index (χ2n) is 5.25. The van der Waals surface area contributed by atoms with Gasteiger partial charge in [-0.05, 0) is 43.4 Å². The van der Waals surface area contributed by atoms with Crippen LogP contribution in [0.3, 0.4) is 0 Å². The quantitative estimate of drug-likeness (QED) is 0.714. The molecular formula is C14H20N2O2. The number of hydrogen-bond acceptors (Lipinski definition) is 3. The van der Waals surface area contributed by atoms with Gasteiger partial charge < -0.3 is 16.2 Å². The van der Waals surface area contributed by atoms with Gasteiger partial charge in [0.1, 0.15) is 5.75 Å². The van der Waals surface area contributed by atoms with E-state index in [1.807, 2.05) is 19.9 Å². The molecule has 0 unspecified atom stereocenters. The summed E-state index contributed by atoms with van der Waals surface area (Å²) in [5, 5.41) is 12.6. The molecule has 4 nitrogen and oxygen atoms in total. The predicted molar refractivity (Wildman–Crippen MR) is 71.5 cm³/mol. The molecule has 0 aliphatic heterocycles. The zero-order valence-electron chi connectivity index (χ0n) is 10.9. The van der Waals surface area contributed by atoms with Gasteiger partial charge in [-0.15, -0.1) is 0 Å². The molecule has 1 amide bonds. The highest BCUT2D eigenvalue weighted by atomic mass is 16.3. The first-order chi connectivity index (χ1) is 8.47. The molecule has 0 saturated heterocycles. The molecule has 1 aromatic rings. The van der Waals surface area contributed by atoms with Crippen molar-refractivity contribution in [3.05, 3.63) is 23.3 Å². The summed E-state index contributed by atoms with van der Waals surface area (Å²) in [4.78, 5) is 11.9.